The van der Waals surface area contributed by atoms with Gasteiger partial charge in [0.2, 0.25) is 17.8 Å². The highest BCUT2D eigenvalue weighted by Gasteiger charge is 2.22. The standard InChI is InChI=1S/C24H28N6O3/c1-17-21(18(2)33-28-17)8-9-22(31)27-20-6-4-19(5-7-20)16-23(32)29-12-14-30(15-13-29)24-25-10-3-11-26-24/h3-7,10-11H,8-9,12-16H2,1-2H3,(H,27,31). The molecule has 0 atom stereocenters. The van der Waals surface area contributed by atoms with Crippen LogP contribution in [0.25, 0.3) is 0 Å². The van der Waals surface area contributed by atoms with E-state index in [9.17, 15) is 9.59 Å². The Hall–Kier alpha value is -3.75. The maximum Gasteiger partial charge on any atom is 0.227 e. The summed E-state index contributed by atoms with van der Waals surface area (Å²) in [6, 6.07) is 9.23. The molecule has 1 aromatic carbocycles. The average Bonchev–Trinajstić information content (AvgIpc) is 3.16. The highest BCUT2D eigenvalue weighted by atomic mass is 16.5. The molecule has 0 unspecified atom stereocenters. The second-order valence-electron chi connectivity index (χ2n) is 8.14. The van der Waals surface area contributed by atoms with Crippen LogP contribution in [0, 0.1) is 13.8 Å². The molecule has 1 aliphatic heterocycles. The molecule has 1 N–H and O–H groups in total. The van der Waals surface area contributed by atoms with Crippen LogP contribution in [0.5, 0.6) is 0 Å². The third-order valence-corrected chi connectivity index (χ3v) is 5.84. The van der Waals surface area contributed by atoms with Crippen molar-refractivity contribution < 1.29 is 14.1 Å². The quantitative estimate of drug-likeness (QED) is 0.592. The van der Waals surface area contributed by atoms with Crippen LogP contribution in [-0.2, 0) is 22.4 Å². The Balaban J connectivity index is 1.23. The minimum Gasteiger partial charge on any atom is -0.361 e. The molecular weight excluding hydrogens is 420 g/mol. The first kappa shape index (κ1) is 22.4. The van der Waals surface area contributed by atoms with Crippen molar-refractivity contribution in [3.63, 3.8) is 0 Å². The number of hydrogen-bond donors (Lipinski definition) is 1. The number of anilines is 2. The summed E-state index contributed by atoms with van der Waals surface area (Å²) in [7, 11) is 0. The van der Waals surface area contributed by atoms with Gasteiger partial charge in [0.1, 0.15) is 5.76 Å². The zero-order valence-corrected chi connectivity index (χ0v) is 19.0. The van der Waals surface area contributed by atoms with E-state index in [0.717, 1.165) is 22.6 Å². The zero-order chi connectivity index (χ0) is 23.2. The van der Waals surface area contributed by atoms with Crippen LogP contribution in [0.4, 0.5) is 11.6 Å². The fourth-order valence-electron chi connectivity index (χ4n) is 3.92. The fourth-order valence-corrected chi connectivity index (χ4v) is 3.92. The maximum absolute atomic E-state index is 12.7. The Labute approximate surface area is 192 Å². The number of carbonyl (C=O) groups is 2. The summed E-state index contributed by atoms with van der Waals surface area (Å²) in [6.45, 7) is 6.46. The minimum atomic E-state index is -0.0703. The molecule has 3 heterocycles. The van der Waals surface area contributed by atoms with Crippen molar-refractivity contribution in [3.05, 3.63) is 65.3 Å². The van der Waals surface area contributed by atoms with E-state index in [1.807, 2.05) is 43.0 Å². The third-order valence-electron chi connectivity index (χ3n) is 5.84. The average molecular weight is 449 g/mol. The number of piperazine rings is 1. The summed E-state index contributed by atoms with van der Waals surface area (Å²) >= 11 is 0. The van der Waals surface area contributed by atoms with E-state index in [4.69, 9.17) is 4.52 Å². The largest absolute Gasteiger partial charge is 0.361 e. The SMILES string of the molecule is Cc1noc(C)c1CCC(=O)Nc1ccc(CC(=O)N2CCN(c3ncccn3)CC2)cc1. The molecule has 0 spiro atoms. The molecule has 172 valence electrons. The highest BCUT2D eigenvalue weighted by molar-refractivity contribution is 5.91. The van der Waals surface area contributed by atoms with E-state index in [1.165, 1.54) is 0 Å². The van der Waals surface area contributed by atoms with E-state index in [1.54, 1.807) is 18.5 Å². The van der Waals surface area contributed by atoms with E-state index in [2.05, 4.69) is 25.3 Å². The molecule has 2 aromatic heterocycles. The van der Waals surface area contributed by atoms with Gasteiger partial charge in [0.05, 0.1) is 12.1 Å². The van der Waals surface area contributed by atoms with Gasteiger partial charge in [-0.3, -0.25) is 9.59 Å². The Morgan fingerprint density at radius 1 is 1.03 bits per heavy atom. The predicted molar refractivity (Wildman–Crippen MR) is 124 cm³/mol. The molecule has 2 amide bonds. The number of benzene rings is 1. The zero-order valence-electron chi connectivity index (χ0n) is 19.0. The van der Waals surface area contributed by atoms with Crippen molar-refractivity contribution in [1.29, 1.82) is 0 Å². The van der Waals surface area contributed by atoms with Crippen LogP contribution < -0.4 is 10.2 Å². The summed E-state index contributed by atoms with van der Waals surface area (Å²) in [5, 5.41) is 6.82. The first-order valence-electron chi connectivity index (χ1n) is 11.1. The second-order valence-corrected chi connectivity index (χ2v) is 8.14. The van der Waals surface area contributed by atoms with Crippen LogP contribution in [0.15, 0.2) is 47.2 Å². The van der Waals surface area contributed by atoms with Crippen molar-refractivity contribution in [2.24, 2.45) is 0 Å². The van der Waals surface area contributed by atoms with Gasteiger partial charge in [0.25, 0.3) is 0 Å². The number of aromatic nitrogens is 3. The Bertz CT molecular complexity index is 1070. The highest BCUT2D eigenvalue weighted by Crippen LogP contribution is 2.16. The van der Waals surface area contributed by atoms with E-state index in [0.29, 0.717) is 57.1 Å². The van der Waals surface area contributed by atoms with Gasteiger partial charge in [-0.25, -0.2) is 9.97 Å². The summed E-state index contributed by atoms with van der Waals surface area (Å²) in [5.74, 6) is 1.48. The van der Waals surface area contributed by atoms with E-state index in [-0.39, 0.29) is 11.8 Å². The molecule has 9 nitrogen and oxygen atoms in total. The molecule has 9 heteroatoms. The summed E-state index contributed by atoms with van der Waals surface area (Å²) < 4.78 is 5.14. The van der Waals surface area contributed by atoms with Crippen molar-refractivity contribution in [3.8, 4) is 0 Å². The Morgan fingerprint density at radius 3 is 2.36 bits per heavy atom. The first-order chi connectivity index (χ1) is 16.0. The lowest BCUT2D eigenvalue weighted by atomic mass is 10.1. The molecule has 33 heavy (non-hydrogen) atoms. The minimum absolute atomic E-state index is 0.0703. The summed E-state index contributed by atoms with van der Waals surface area (Å²) in [5.41, 5.74) is 3.44. The first-order valence-corrected chi connectivity index (χ1v) is 11.1. The second kappa shape index (κ2) is 10.2. The van der Waals surface area contributed by atoms with Crippen molar-refractivity contribution in [2.45, 2.75) is 33.1 Å². The van der Waals surface area contributed by atoms with Crippen LogP contribution in [0.1, 0.15) is 29.0 Å². The smallest absolute Gasteiger partial charge is 0.227 e. The molecule has 1 aliphatic rings. The van der Waals surface area contributed by atoms with Gasteiger partial charge < -0.3 is 19.6 Å². The molecule has 0 radical (unpaired) electrons. The van der Waals surface area contributed by atoms with E-state index >= 15 is 0 Å². The number of carbonyl (C=O) groups excluding carboxylic acids is 2. The fraction of sp³-hybridized carbons (Fsp3) is 0.375. The van der Waals surface area contributed by atoms with Gasteiger partial charge in [-0.05, 0) is 44.0 Å². The molecule has 0 aliphatic carbocycles. The van der Waals surface area contributed by atoms with Crippen molar-refractivity contribution in [2.75, 3.05) is 36.4 Å². The Morgan fingerprint density at radius 2 is 1.73 bits per heavy atom. The topological polar surface area (TPSA) is 104 Å². The van der Waals surface area contributed by atoms with Gasteiger partial charge in [0, 0.05) is 56.2 Å². The molecule has 3 aromatic rings. The monoisotopic (exact) mass is 448 g/mol. The van der Waals surface area contributed by atoms with Crippen molar-refractivity contribution in [1.82, 2.24) is 20.0 Å². The predicted octanol–water partition coefficient (Wildman–Crippen LogP) is 2.54. The van der Waals surface area contributed by atoms with Crippen LogP contribution in [0.3, 0.4) is 0 Å². The number of nitrogens with zero attached hydrogens (tertiary/aromatic N) is 5. The molecular formula is C24H28N6O3. The van der Waals surface area contributed by atoms with E-state index < -0.39 is 0 Å². The van der Waals surface area contributed by atoms with Crippen molar-refractivity contribution >= 4 is 23.5 Å². The molecule has 0 bridgehead atoms. The third kappa shape index (κ3) is 5.74. The number of aryl methyl sites for hydroxylation is 2. The summed E-state index contributed by atoms with van der Waals surface area (Å²) in [6.07, 6.45) is 4.73. The number of rotatable bonds is 7. The number of hydrogen-bond acceptors (Lipinski definition) is 7. The van der Waals surface area contributed by atoms with Gasteiger partial charge in [-0.2, -0.15) is 0 Å². The normalized spacial score (nSPS) is 13.8. The molecule has 1 fully saturated rings. The van der Waals surface area contributed by atoms with Gasteiger partial charge in [0.15, 0.2) is 0 Å². The molecule has 1 saturated heterocycles. The summed E-state index contributed by atoms with van der Waals surface area (Å²) in [4.78, 5) is 37.5. The van der Waals surface area contributed by atoms with Gasteiger partial charge >= 0.3 is 0 Å². The van der Waals surface area contributed by atoms with Crippen LogP contribution in [-0.4, -0.2) is 58.0 Å². The number of amides is 2. The van der Waals surface area contributed by atoms with Crippen LogP contribution >= 0.6 is 0 Å². The Kier molecular flexibility index (Phi) is 6.97. The number of nitrogens with one attached hydrogen (secondary N) is 1. The van der Waals surface area contributed by atoms with Crippen LogP contribution in [0.2, 0.25) is 0 Å². The van der Waals surface area contributed by atoms with Gasteiger partial charge in [-0.1, -0.05) is 17.3 Å². The molecule has 0 saturated carbocycles. The van der Waals surface area contributed by atoms with Gasteiger partial charge in [-0.15, -0.1) is 0 Å². The maximum atomic E-state index is 12.7. The molecule has 4 rings (SSSR count). The lowest BCUT2D eigenvalue weighted by molar-refractivity contribution is -0.130. The lowest BCUT2D eigenvalue weighted by Gasteiger charge is -2.34. The lowest BCUT2D eigenvalue weighted by Crippen LogP contribution is -2.49.